The number of ether oxygens (including phenoxy) is 1. The largest absolute Gasteiger partial charge is 0.594 e. The highest BCUT2D eigenvalue weighted by Gasteiger charge is 2.10. The van der Waals surface area contributed by atoms with E-state index in [2.05, 4.69) is 10.1 Å². The lowest BCUT2D eigenvalue weighted by atomic mass is 10.3. The van der Waals surface area contributed by atoms with Gasteiger partial charge in [0.15, 0.2) is 0 Å². The SMILES string of the molecule is COc1ccc2nc(SC)n[n+]([O-])c2c1. The average molecular weight is 223 g/mol. The second kappa shape index (κ2) is 3.90. The molecule has 0 aliphatic carbocycles. The summed E-state index contributed by atoms with van der Waals surface area (Å²) < 4.78 is 5.02. The lowest BCUT2D eigenvalue weighted by Crippen LogP contribution is -2.33. The Morgan fingerprint density at radius 2 is 2.27 bits per heavy atom. The minimum Gasteiger partial charge on any atom is -0.594 e. The molecule has 0 aliphatic heterocycles. The van der Waals surface area contributed by atoms with Crippen molar-refractivity contribution in [2.45, 2.75) is 5.16 Å². The predicted molar refractivity (Wildman–Crippen MR) is 56.8 cm³/mol. The van der Waals surface area contributed by atoms with Gasteiger partial charge in [-0.2, -0.15) is 0 Å². The Bertz CT molecular complexity index is 504. The predicted octanol–water partition coefficient (Wildman–Crippen LogP) is 0.994. The van der Waals surface area contributed by atoms with Crippen LogP contribution in [0.2, 0.25) is 0 Å². The maximum absolute atomic E-state index is 11.5. The van der Waals surface area contributed by atoms with Gasteiger partial charge in [0.2, 0.25) is 0 Å². The monoisotopic (exact) mass is 223 g/mol. The first-order chi connectivity index (χ1) is 7.24. The molecule has 0 saturated carbocycles. The maximum Gasteiger partial charge on any atom is 0.274 e. The standard InChI is InChI=1S/C9H9N3O2S/c1-14-6-3-4-7-8(5-6)12(13)11-9(10-7)15-2/h3-5H,1-2H3. The van der Waals surface area contributed by atoms with Crippen molar-refractivity contribution in [1.29, 1.82) is 0 Å². The number of hydrogen-bond acceptors (Lipinski definition) is 5. The summed E-state index contributed by atoms with van der Waals surface area (Å²) in [5.74, 6) is 0.618. The third-order valence-electron chi connectivity index (χ3n) is 1.96. The molecule has 0 bridgehead atoms. The van der Waals surface area contributed by atoms with E-state index in [1.807, 2.05) is 6.26 Å². The zero-order valence-electron chi connectivity index (χ0n) is 8.30. The minimum absolute atomic E-state index is 0.409. The van der Waals surface area contributed by atoms with Gasteiger partial charge in [-0.3, -0.25) is 0 Å². The van der Waals surface area contributed by atoms with Gasteiger partial charge in [0.25, 0.3) is 10.7 Å². The zero-order chi connectivity index (χ0) is 10.8. The number of methoxy groups -OCH3 is 1. The molecule has 0 saturated heterocycles. The second-order valence-corrected chi connectivity index (χ2v) is 3.60. The lowest BCUT2D eigenvalue weighted by Gasteiger charge is -2.02. The van der Waals surface area contributed by atoms with Crippen LogP contribution >= 0.6 is 11.8 Å². The van der Waals surface area contributed by atoms with Crippen LogP contribution in [0.15, 0.2) is 23.4 Å². The lowest BCUT2D eigenvalue weighted by molar-refractivity contribution is -0.647. The van der Waals surface area contributed by atoms with Gasteiger partial charge >= 0.3 is 0 Å². The molecule has 0 atom stereocenters. The smallest absolute Gasteiger partial charge is 0.274 e. The molecule has 0 fully saturated rings. The first-order valence-electron chi connectivity index (χ1n) is 4.24. The van der Waals surface area contributed by atoms with E-state index in [0.717, 1.165) is 0 Å². The molecule has 0 amide bonds. The first kappa shape index (κ1) is 9.97. The van der Waals surface area contributed by atoms with Crippen LogP contribution in [-0.4, -0.2) is 23.4 Å². The summed E-state index contributed by atoms with van der Waals surface area (Å²) in [6.45, 7) is 0. The Kier molecular flexibility index (Phi) is 2.59. The summed E-state index contributed by atoms with van der Waals surface area (Å²) >= 11 is 1.33. The summed E-state index contributed by atoms with van der Waals surface area (Å²) in [4.78, 5) is 4.77. The van der Waals surface area contributed by atoms with E-state index >= 15 is 0 Å². The average Bonchev–Trinajstić information content (AvgIpc) is 2.28. The van der Waals surface area contributed by atoms with Gasteiger partial charge in [-0.25, -0.2) is 4.98 Å². The Hall–Kier alpha value is -1.56. The van der Waals surface area contributed by atoms with Crippen LogP contribution in [0.4, 0.5) is 0 Å². The summed E-state index contributed by atoms with van der Waals surface area (Å²) in [6, 6.07) is 5.12. The van der Waals surface area contributed by atoms with Crippen molar-refractivity contribution < 1.29 is 9.58 Å². The fourth-order valence-corrected chi connectivity index (χ4v) is 1.57. The quantitative estimate of drug-likeness (QED) is 0.431. The molecule has 2 rings (SSSR count). The highest BCUT2D eigenvalue weighted by atomic mass is 32.2. The Morgan fingerprint density at radius 3 is 2.93 bits per heavy atom. The highest BCUT2D eigenvalue weighted by Crippen LogP contribution is 2.17. The van der Waals surface area contributed by atoms with Crippen LogP contribution in [-0.2, 0) is 0 Å². The van der Waals surface area contributed by atoms with Gasteiger partial charge in [0.05, 0.1) is 13.2 Å². The molecule has 2 aromatic rings. The number of fused-ring (bicyclic) bond motifs is 1. The summed E-state index contributed by atoms with van der Waals surface area (Å²) in [6.07, 6.45) is 1.82. The topological polar surface area (TPSA) is 62.0 Å². The van der Waals surface area contributed by atoms with Crippen molar-refractivity contribution in [3.8, 4) is 5.75 Å². The van der Waals surface area contributed by atoms with E-state index in [9.17, 15) is 5.21 Å². The molecule has 1 aromatic carbocycles. The van der Waals surface area contributed by atoms with Crippen LogP contribution in [0.25, 0.3) is 11.0 Å². The fourth-order valence-electron chi connectivity index (χ4n) is 1.22. The van der Waals surface area contributed by atoms with E-state index < -0.39 is 0 Å². The third kappa shape index (κ3) is 1.80. The van der Waals surface area contributed by atoms with Crippen molar-refractivity contribution in [1.82, 2.24) is 10.1 Å². The molecule has 5 nitrogen and oxygen atoms in total. The highest BCUT2D eigenvalue weighted by molar-refractivity contribution is 7.98. The molecule has 6 heteroatoms. The van der Waals surface area contributed by atoms with Crippen molar-refractivity contribution in [2.24, 2.45) is 0 Å². The Morgan fingerprint density at radius 1 is 1.47 bits per heavy atom. The van der Waals surface area contributed by atoms with Gasteiger partial charge in [-0.1, -0.05) is 11.8 Å². The number of nitrogens with zero attached hydrogens (tertiary/aromatic N) is 3. The van der Waals surface area contributed by atoms with E-state index in [4.69, 9.17) is 4.74 Å². The minimum atomic E-state index is 0.409. The van der Waals surface area contributed by atoms with E-state index in [1.165, 1.54) is 11.8 Å². The second-order valence-electron chi connectivity index (χ2n) is 2.83. The van der Waals surface area contributed by atoms with Crippen LogP contribution < -0.4 is 9.58 Å². The van der Waals surface area contributed by atoms with Crippen LogP contribution in [0.3, 0.4) is 0 Å². The van der Waals surface area contributed by atoms with Crippen LogP contribution in [0, 0.1) is 5.21 Å². The first-order valence-corrected chi connectivity index (χ1v) is 5.46. The van der Waals surface area contributed by atoms with E-state index in [-0.39, 0.29) is 0 Å². The van der Waals surface area contributed by atoms with Crippen LogP contribution in [0.1, 0.15) is 0 Å². The number of hydrogen-bond donors (Lipinski definition) is 0. The van der Waals surface area contributed by atoms with E-state index in [0.29, 0.717) is 26.8 Å². The van der Waals surface area contributed by atoms with Gasteiger partial charge in [0.1, 0.15) is 11.3 Å². The van der Waals surface area contributed by atoms with Crippen molar-refractivity contribution in [3.63, 3.8) is 0 Å². The molecule has 0 unspecified atom stereocenters. The summed E-state index contributed by atoms with van der Waals surface area (Å²) in [7, 11) is 1.55. The number of rotatable bonds is 2. The molecule has 15 heavy (non-hydrogen) atoms. The molecular weight excluding hydrogens is 214 g/mol. The number of aromatic nitrogens is 3. The van der Waals surface area contributed by atoms with Gasteiger partial charge < -0.3 is 9.94 Å². The van der Waals surface area contributed by atoms with Crippen molar-refractivity contribution >= 4 is 22.8 Å². The normalized spacial score (nSPS) is 10.5. The molecule has 0 radical (unpaired) electrons. The molecule has 0 aliphatic rings. The Balaban J connectivity index is 2.68. The van der Waals surface area contributed by atoms with Gasteiger partial charge in [-0.05, 0) is 23.2 Å². The molecule has 78 valence electrons. The van der Waals surface area contributed by atoms with Crippen molar-refractivity contribution in [2.75, 3.05) is 13.4 Å². The summed E-state index contributed by atoms with van der Waals surface area (Å²) in [5.41, 5.74) is 1.03. The van der Waals surface area contributed by atoms with Gasteiger partial charge in [0, 0.05) is 5.10 Å². The van der Waals surface area contributed by atoms with Crippen molar-refractivity contribution in [3.05, 3.63) is 23.4 Å². The molecule has 0 spiro atoms. The van der Waals surface area contributed by atoms with E-state index in [1.54, 1.807) is 25.3 Å². The Labute approximate surface area is 90.7 Å². The van der Waals surface area contributed by atoms with Crippen LogP contribution in [0.5, 0.6) is 5.75 Å². The third-order valence-corrected chi connectivity index (χ3v) is 2.50. The fraction of sp³-hybridized carbons (Fsp3) is 0.222. The molecule has 1 heterocycles. The van der Waals surface area contributed by atoms with Gasteiger partial charge in [-0.15, -0.1) is 0 Å². The number of thioether (sulfide) groups is 1. The maximum atomic E-state index is 11.5. The number of benzene rings is 1. The summed E-state index contributed by atoms with van der Waals surface area (Å²) in [5, 5.41) is 15.7. The zero-order valence-corrected chi connectivity index (χ0v) is 9.11. The molecule has 1 aromatic heterocycles. The molecule has 0 N–H and O–H groups in total. The molecular formula is C9H9N3O2S.